The largest absolute Gasteiger partial charge is 0.480 e. The van der Waals surface area contributed by atoms with E-state index in [9.17, 15) is 24.3 Å². The number of rotatable bonds is 12. The van der Waals surface area contributed by atoms with Crippen molar-refractivity contribution in [2.24, 2.45) is 11.7 Å². The number of fused-ring (bicyclic) bond motifs is 2. The number of aliphatic carboxylic acids is 1. The third-order valence-electron chi connectivity index (χ3n) is 8.78. The normalized spacial score (nSPS) is 17.7. The number of carbonyl (C=O) groups is 4. The van der Waals surface area contributed by atoms with Crippen LogP contribution in [-0.2, 0) is 32.0 Å². The van der Waals surface area contributed by atoms with Gasteiger partial charge >= 0.3 is 5.97 Å². The lowest BCUT2D eigenvalue weighted by Gasteiger charge is -2.30. The molecule has 11 nitrogen and oxygen atoms in total. The molecule has 1 aliphatic rings. The fourth-order valence-corrected chi connectivity index (χ4v) is 6.06. The van der Waals surface area contributed by atoms with E-state index in [0.29, 0.717) is 25.8 Å². The van der Waals surface area contributed by atoms with Crippen LogP contribution in [0.1, 0.15) is 44.2 Å². The van der Waals surface area contributed by atoms with E-state index in [-0.39, 0.29) is 18.8 Å². The molecule has 11 heteroatoms. The Morgan fingerprint density at radius 3 is 2.11 bits per heavy atom. The van der Waals surface area contributed by atoms with Gasteiger partial charge in [-0.05, 0) is 48.4 Å². The second-order valence-electron chi connectivity index (χ2n) is 11.7. The summed E-state index contributed by atoms with van der Waals surface area (Å²) in [7, 11) is 0. The molecule has 3 heterocycles. The first-order valence-corrected chi connectivity index (χ1v) is 15.2. The minimum Gasteiger partial charge on any atom is -0.480 e. The zero-order valence-corrected chi connectivity index (χ0v) is 25.0. The van der Waals surface area contributed by atoms with Crippen molar-refractivity contribution in [2.45, 2.75) is 70.1 Å². The number of hydrogen-bond acceptors (Lipinski definition) is 5. The number of carboxylic acid groups (broad SMARTS) is 1. The first kappa shape index (κ1) is 30.8. The first-order chi connectivity index (χ1) is 21.2. The molecule has 44 heavy (non-hydrogen) atoms. The summed E-state index contributed by atoms with van der Waals surface area (Å²) in [6.45, 7) is 4.07. The van der Waals surface area contributed by atoms with Gasteiger partial charge in [-0.1, -0.05) is 56.7 Å². The smallest absolute Gasteiger partial charge is 0.326 e. The maximum Gasteiger partial charge on any atom is 0.326 e. The van der Waals surface area contributed by atoms with E-state index in [2.05, 4.69) is 20.6 Å². The average Bonchev–Trinajstić information content (AvgIpc) is 3.78. The second kappa shape index (κ2) is 13.3. The van der Waals surface area contributed by atoms with E-state index >= 15 is 0 Å². The Hall–Kier alpha value is -4.64. The highest BCUT2D eigenvalue weighted by molar-refractivity contribution is 5.95. The van der Waals surface area contributed by atoms with Gasteiger partial charge in [-0.15, -0.1) is 0 Å². The van der Waals surface area contributed by atoms with Crippen LogP contribution < -0.4 is 16.4 Å². The van der Waals surface area contributed by atoms with E-state index < -0.39 is 47.9 Å². The summed E-state index contributed by atoms with van der Waals surface area (Å²) in [5.41, 5.74) is 9.88. The molecular formula is C33H40N6O5. The predicted octanol–water partition coefficient (Wildman–Crippen LogP) is 2.85. The first-order valence-electron chi connectivity index (χ1n) is 15.2. The minimum absolute atomic E-state index is 0.151. The van der Waals surface area contributed by atoms with Crippen molar-refractivity contribution in [1.82, 2.24) is 25.5 Å². The Balaban J connectivity index is 1.35. The molecule has 7 N–H and O–H groups in total. The summed E-state index contributed by atoms with van der Waals surface area (Å²) >= 11 is 0. The number of hydrogen-bond donors (Lipinski definition) is 6. The van der Waals surface area contributed by atoms with Crippen molar-refractivity contribution in [2.75, 3.05) is 6.54 Å². The molecule has 2 aromatic heterocycles. The van der Waals surface area contributed by atoms with Gasteiger partial charge in [-0.2, -0.15) is 0 Å². The number of amides is 3. The Morgan fingerprint density at radius 1 is 0.932 bits per heavy atom. The lowest BCUT2D eigenvalue weighted by Crippen LogP contribution is -2.59. The number of carboxylic acids is 1. The molecule has 0 aliphatic carbocycles. The highest BCUT2D eigenvalue weighted by atomic mass is 16.4. The van der Waals surface area contributed by atoms with Crippen molar-refractivity contribution in [3.63, 3.8) is 0 Å². The molecule has 1 aliphatic heterocycles. The maximum atomic E-state index is 13.9. The van der Waals surface area contributed by atoms with Gasteiger partial charge in [0.2, 0.25) is 17.7 Å². The molecule has 1 fully saturated rings. The van der Waals surface area contributed by atoms with Crippen molar-refractivity contribution in [3.05, 3.63) is 72.1 Å². The predicted molar refractivity (Wildman–Crippen MR) is 168 cm³/mol. The number of likely N-dealkylation sites (tertiary alicyclic amines) is 1. The highest BCUT2D eigenvalue weighted by Crippen LogP contribution is 2.24. The Labute approximate surface area is 255 Å². The van der Waals surface area contributed by atoms with Crippen LogP contribution in [0.5, 0.6) is 0 Å². The van der Waals surface area contributed by atoms with E-state index in [0.717, 1.165) is 32.9 Å². The summed E-state index contributed by atoms with van der Waals surface area (Å²) in [5.74, 6) is -2.78. The number of carbonyl (C=O) groups excluding carboxylic acids is 3. The standard InChI is InChI=1S/C33H40N6O5/c1-3-19(2)29(38-30(40)24(34)15-20-17-35-25-11-6-4-9-22(20)25)31(41)37-27(32(42)39-14-8-13-28(39)33(43)44)16-21-18-36-26-12-7-5-10-23(21)26/h4-7,9-12,17-19,24,27-29,35-36H,3,8,13-16,34H2,1-2H3,(H,37,41)(H,38,40)(H,43,44). The summed E-state index contributed by atoms with van der Waals surface area (Å²) in [6.07, 6.45) is 5.57. The third-order valence-corrected chi connectivity index (χ3v) is 8.78. The molecular weight excluding hydrogens is 560 g/mol. The summed E-state index contributed by atoms with van der Waals surface area (Å²) in [6, 6.07) is 11.6. The second-order valence-corrected chi connectivity index (χ2v) is 11.7. The molecule has 232 valence electrons. The molecule has 3 amide bonds. The number of nitrogens with two attached hydrogens (primary N) is 1. The molecule has 5 atom stereocenters. The number of aromatic amines is 2. The van der Waals surface area contributed by atoms with Crippen LogP contribution in [0.4, 0.5) is 0 Å². The van der Waals surface area contributed by atoms with Crippen LogP contribution in [0.3, 0.4) is 0 Å². The van der Waals surface area contributed by atoms with E-state index in [1.165, 1.54) is 4.90 Å². The fourth-order valence-electron chi connectivity index (χ4n) is 6.06. The molecule has 0 radical (unpaired) electrons. The van der Waals surface area contributed by atoms with Gasteiger partial charge in [-0.3, -0.25) is 14.4 Å². The fraction of sp³-hybridized carbons (Fsp3) is 0.394. The molecule has 5 unspecified atom stereocenters. The molecule has 0 spiro atoms. The van der Waals surface area contributed by atoms with Crippen molar-refractivity contribution in [1.29, 1.82) is 0 Å². The molecule has 5 rings (SSSR count). The lowest BCUT2D eigenvalue weighted by molar-refractivity contribution is -0.149. The number of nitrogens with zero attached hydrogens (tertiary/aromatic N) is 1. The van der Waals surface area contributed by atoms with E-state index in [1.54, 1.807) is 6.20 Å². The molecule has 2 aromatic carbocycles. The quantitative estimate of drug-likeness (QED) is 0.146. The number of aromatic nitrogens is 2. The van der Waals surface area contributed by atoms with Crippen LogP contribution in [-0.4, -0.2) is 74.4 Å². The number of para-hydroxylation sites is 2. The monoisotopic (exact) mass is 600 g/mol. The lowest BCUT2D eigenvalue weighted by atomic mass is 9.96. The van der Waals surface area contributed by atoms with Gasteiger partial charge in [0, 0.05) is 47.2 Å². The van der Waals surface area contributed by atoms with Gasteiger partial charge in [0.05, 0.1) is 6.04 Å². The van der Waals surface area contributed by atoms with Crippen molar-refractivity contribution >= 4 is 45.5 Å². The Morgan fingerprint density at radius 2 is 1.52 bits per heavy atom. The van der Waals surface area contributed by atoms with Crippen molar-refractivity contribution < 1.29 is 24.3 Å². The zero-order chi connectivity index (χ0) is 31.4. The summed E-state index contributed by atoms with van der Waals surface area (Å²) in [5, 5.41) is 17.4. The maximum absolute atomic E-state index is 13.9. The third kappa shape index (κ3) is 6.47. The Bertz CT molecular complexity index is 1660. The minimum atomic E-state index is -1.07. The van der Waals surface area contributed by atoms with E-state index in [4.69, 9.17) is 5.73 Å². The molecule has 4 aromatic rings. The van der Waals surface area contributed by atoms with Crippen LogP contribution in [0.15, 0.2) is 60.9 Å². The summed E-state index contributed by atoms with van der Waals surface area (Å²) in [4.78, 5) is 60.7. The average molecular weight is 601 g/mol. The van der Waals surface area contributed by atoms with Gasteiger partial charge < -0.3 is 36.3 Å². The molecule has 1 saturated heterocycles. The highest BCUT2D eigenvalue weighted by Gasteiger charge is 2.39. The number of H-pyrrole nitrogens is 2. The van der Waals surface area contributed by atoms with E-state index in [1.807, 2.05) is 68.6 Å². The Kier molecular flexibility index (Phi) is 9.34. The van der Waals surface area contributed by atoms with Crippen LogP contribution in [0.2, 0.25) is 0 Å². The number of nitrogens with one attached hydrogen (secondary N) is 4. The van der Waals surface area contributed by atoms with Crippen LogP contribution in [0.25, 0.3) is 21.8 Å². The van der Waals surface area contributed by atoms with Gasteiger partial charge in [0.15, 0.2) is 0 Å². The van der Waals surface area contributed by atoms with Gasteiger partial charge in [-0.25, -0.2) is 4.79 Å². The van der Waals surface area contributed by atoms with Crippen LogP contribution >= 0.6 is 0 Å². The molecule has 0 bridgehead atoms. The van der Waals surface area contributed by atoms with Crippen LogP contribution in [0, 0.1) is 5.92 Å². The van der Waals surface area contributed by atoms with Gasteiger partial charge in [0.25, 0.3) is 0 Å². The summed E-state index contributed by atoms with van der Waals surface area (Å²) < 4.78 is 0. The topological polar surface area (TPSA) is 173 Å². The van der Waals surface area contributed by atoms with Gasteiger partial charge in [0.1, 0.15) is 18.1 Å². The SMILES string of the molecule is CCC(C)C(NC(=O)C(N)Cc1c[nH]c2ccccc12)C(=O)NC(Cc1c[nH]c2ccccc12)C(=O)N1CCCC1C(=O)O. The zero-order valence-electron chi connectivity index (χ0n) is 25.0. The number of benzene rings is 2. The van der Waals surface area contributed by atoms with Crippen molar-refractivity contribution in [3.8, 4) is 0 Å². The molecule has 0 saturated carbocycles.